The van der Waals surface area contributed by atoms with Crippen LogP contribution in [0.25, 0.3) is 10.9 Å². The number of pyridine rings is 1. The zero-order valence-corrected chi connectivity index (χ0v) is 15.1. The van der Waals surface area contributed by atoms with Crippen molar-refractivity contribution in [3.05, 3.63) is 71.0 Å². The van der Waals surface area contributed by atoms with Gasteiger partial charge in [-0.15, -0.1) is 10.2 Å². The smallest absolute Gasteiger partial charge is 0.191 e. The monoisotopic (exact) mass is 370 g/mol. The van der Waals surface area contributed by atoms with Gasteiger partial charge in [-0.25, -0.2) is 0 Å². The number of thioether (sulfide) groups is 1. The Hall–Kier alpha value is -2.31. The molecule has 0 saturated heterocycles. The highest BCUT2D eigenvalue weighted by atomic mass is 35.5. The van der Waals surface area contributed by atoms with Gasteiger partial charge in [0, 0.05) is 11.1 Å². The summed E-state index contributed by atoms with van der Waals surface area (Å²) in [5.74, 6) is 1.49. The summed E-state index contributed by atoms with van der Waals surface area (Å²) < 4.78 is 7.34. The number of fused-ring (bicyclic) bond motifs is 1. The third-order valence-electron chi connectivity index (χ3n) is 3.97. The van der Waals surface area contributed by atoms with E-state index in [2.05, 4.69) is 10.2 Å². The molecule has 1 aromatic carbocycles. The minimum Gasteiger partial charge on any atom is -0.467 e. The highest BCUT2D eigenvalue weighted by Gasteiger charge is 2.13. The van der Waals surface area contributed by atoms with Crippen molar-refractivity contribution in [3.8, 4) is 0 Å². The van der Waals surface area contributed by atoms with E-state index < -0.39 is 0 Å². The number of para-hydroxylation sites is 1. The van der Waals surface area contributed by atoms with Crippen LogP contribution in [0.5, 0.6) is 0 Å². The van der Waals surface area contributed by atoms with Crippen LogP contribution in [0, 0.1) is 6.92 Å². The van der Waals surface area contributed by atoms with Crippen LogP contribution in [0.3, 0.4) is 0 Å². The molecule has 4 rings (SSSR count). The molecule has 0 bridgehead atoms. The SMILES string of the molecule is Cc1c(Cl)c(CSc2nncn2Cc2ccco2)nc2ccccc12. The van der Waals surface area contributed by atoms with Gasteiger partial charge in [0.25, 0.3) is 0 Å². The quantitative estimate of drug-likeness (QED) is 0.476. The molecule has 0 atom stereocenters. The number of hydrogen-bond acceptors (Lipinski definition) is 5. The van der Waals surface area contributed by atoms with Gasteiger partial charge in [0.1, 0.15) is 12.1 Å². The Kier molecular flexibility index (Phi) is 4.46. The molecule has 0 radical (unpaired) electrons. The summed E-state index contributed by atoms with van der Waals surface area (Å²) in [6.45, 7) is 2.63. The molecule has 0 aliphatic rings. The summed E-state index contributed by atoms with van der Waals surface area (Å²) in [6, 6.07) is 11.8. The fraction of sp³-hybridized carbons (Fsp3) is 0.167. The number of furan rings is 1. The molecule has 0 aliphatic heterocycles. The fourth-order valence-electron chi connectivity index (χ4n) is 2.68. The molecular weight excluding hydrogens is 356 g/mol. The first kappa shape index (κ1) is 16.2. The molecule has 5 nitrogen and oxygen atoms in total. The number of aryl methyl sites for hydroxylation is 1. The Morgan fingerprint density at radius 3 is 2.92 bits per heavy atom. The molecule has 0 amide bonds. The van der Waals surface area contributed by atoms with Crippen molar-refractivity contribution < 1.29 is 4.42 Å². The molecule has 0 N–H and O–H groups in total. The summed E-state index contributed by atoms with van der Waals surface area (Å²) >= 11 is 8.09. The molecule has 0 spiro atoms. The Labute approximate surface area is 154 Å². The maximum absolute atomic E-state index is 6.53. The van der Waals surface area contributed by atoms with Gasteiger partial charge in [-0.2, -0.15) is 0 Å². The zero-order chi connectivity index (χ0) is 17.2. The normalized spacial score (nSPS) is 11.3. The van der Waals surface area contributed by atoms with Crippen molar-refractivity contribution in [2.24, 2.45) is 0 Å². The van der Waals surface area contributed by atoms with Crippen LogP contribution in [0.1, 0.15) is 17.0 Å². The second-order valence-electron chi connectivity index (χ2n) is 5.62. The van der Waals surface area contributed by atoms with Crippen LogP contribution in [0.4, 0.5) is 0 Å². The molecular formula is C18H15ClN4OS. The summed E-state index contributed by atoms with van der Waals surface area (Å²) in [5.41, 5.74) is 2.87. The van der Waals surface area contributed by atoms with Crippen LogP contribution >= 0.6 is 23.4 Å². The Balaban J connectivity index is 1.57. The number of aromatic nitrogens is 4. The van der Waals surface area contributed by atoms with Crippen molar-refractivity contribution in [1.29, 1.82) is 0 Å². The maximum Gasteiger partial charge on any atom is 0.191 e. The topological polar surface area (TPSA) is 56.7 Å². The maximum atomic E-state index is 6.53. The number of halogens is 1. The standard InChI is InChI=1S/C18H15ClN4OS/c1-12-14-6-2-3-7-15(14)21-16(17(12)19)10-25-18-22-20-11-23(18)9-13-5-4-8-24-13/h2-8,11H,9-10H2,1H3. The first-order valence-corrected chi connectivity index (χ1v) is 9.15. The van der Waals surface area contributed by atoms with Crippen LogP contribution in [-0.4, -0.2) is 19.7 Å². The van der Waals surface area contributed by atoms with Gasteiger partial charge in [-0.1, -0.05) is 41.6 Å². The van der Waals surface area contributed by atoms with Crippen LogP contribution in [0.2, 0.25) is 5.02 Å². The highest BCUT2D eigenvalue weighted by molar-refractivity contribution is 7.98. The van der Waals surface area contributed by atoms with Gasteiger partial charge in [-0.05, 0) is 30.7 Å². The van der Waals surface area contributed by atoms with E-state index in [-0.39, 0.29) is 0 Å². The summed E-state index contributed by atoms with van der Waals surface area (Å²) in [4.78, 5) is 4.71. The average molecular weight is 371 g/mol. The number of rotatable bonds is 5. The van der Waals surface area contributed by atoms with Gasteiger partial charge < -0.3 is 8.98 Å². The highest BCUT2D eigenvalue weighted by Crippen LogP contribution is 2.30. The molecule has 0 saturated carbocycles. The predicted molar refractivity (Wildman–Crippen MR) is 98.9 cm³/mol. The lowest BCUT2D eigenvalue weighted by molar-refractivity contribution is 0.484. The van der Waals surface area contributed by atoms with Gasteiger partial charge in [0.15, 0.2) is 5.16 Å². The Morgan fingerprint density at radius 1 is 1.20 bits per heavy atom. The van der Waals surface area contributed by atoms with E-state index in [1.165, 1.54) is 0 Å². The zero-order valence-electron chi connectivity index (χ0n) is 13.5. The van der Waals surface area contributed by atoms with Crippen molar-refractivity contribution in [2.45, 2.75) is 24.4 Å². The predicted octanol–water partition coefficient (Wildman–Crippen LogP) is 4.72. The van der Waals surface area contributed by atoms with E-state index in [0.29, 0.717) is 17.3 Å². The third kappa shape index (κ3) is 3.27. The van der Waals surface area contributed by atoms with Crippen molar-refractivity contribution in [3.63, 3.8) is 0 Å². The minimum absolute atomic E-state index is 0.597. The summed E-state index contributed by atoms with van der Waals surface area (Å²) in [7, 11) is 0. The molecule has 4 aromatic rings. The van der Waals surface area contributed by atoms with Crippen molar-refractivity contribution in [2.75, 3.05) is 0 Å². The Bertz CT molecular complexity index is 1010. The van der Waals surface area contributed by atoms with E-state index >= 15 is 0 Å². The van der Waals surface area contributed by atoms with Crippen LogP contribution < -0.4 is 0 Å². The molecule has 0 unspecified atom stereocenters. The van der Waals surface area contributed by atoms with E-state index in [0.717, 1.165) is 33.1 Å². The van der Waals surface area contributed by atoms with Crippen molar-refractivity contribution >= 4 is 34.3 Å². The number of hydrogen-bond donors (Lipinski definition) is 0. The van der Waals surface area contributed by atoms with E-state index in [9.17, 15) is 0 Å². The molecule has 7 heteroatoms. The van der Waals surface area contributed by atoms with Crippen LogP contribution in [0.15, 0.2) is 58.6 Å². The molecule has 3 heterocycles. The summed E-state index contributed by atoms with van der Waals surface area (Å²) in [6.07, 6.45) is 3.36. The van der Waals surface area contributed by atoms with Gasteiger partial charge >= 0.3 is 0 Å². The molecule has 0 fully saturated rings. The summed E-state index contributed by atoms with van der Waals surface area (Å²) in [5, 5.41) is 10.8. The molecule has 25 heavy (non-hydrogen) atoms. The van der Waals surface area contributed by atoms with E-state index in [1.807, 2.05) is 47.9 Å². The number of benzene rings is 1. The molecule has 126 valence electrons. The molecule has 0 aliphatic carbocycles. The second-order valence-corrected chi connectivity index (χ2v) is 6.94. The van der Waals surface area contributed by atoms with Crippen LogP contribution in [-0.2, 0) is 12.3 Å². The number of nitrogens with zero attached hydrogens (tertiary/aromatic N) is 4. The average Bonchev–Trinajstić information content (AvgIpc) is 3.29. The third-order valence-corrected chi connectivity index (χ3v) is 5.46. The lowest BCUT2D eigenvalue weighted by atomic mass is 10.1. The second kappa shape index (κ2) is 6.90. The fourth-order valence-corrected chi connectivity index (χ4v) is 3.83. The van der Waals surface area contributed by atoms with E-state index in [1.54, 1.807) is 24.4 Å². The first-order valence-electron chi connectivity index (χ1n) is 7.79. The molecule has 3 aromatic heterocycles. The lowest BCUT2D eigenvalue weighted by Crippen LogP contribution is -2.00. The van der Waals surface area contributed by atoms with Gasteiger partial charge in [0.2, 0.25) is 0 Å². The lowest BCUT2D eigenvalue weighted by Gasteiger charge is -2.10. The first-order chi connectivity index (χ1) is 12.2. The van der Waals surface area contributed by atoms with Crippen molar-refractivity contribution in [1.82, 2.24) is 19.7 Å². The van der Waals surface area contributed by atoms with E-state index in [4.69, 9.17) is 21.0 Å². The Morgan fingerprint density at radius 2 is 2.08 bits per heavy atom. The van der Waals surface area contributed by atoms with Gasteiger partial charge in [-0.3, -0.25) is 4.98 Å². The van der Waals surface area contributed by atoms with Gasteiger partial charge in [0.05, 0.1) is 29.0 Å². The largest absolute Gasteiger partial charge is 0.467 e. The minimum atomic E-state index is 0.597.